The summed E-state index contributed by atoms with van der Waals surface area (Å²) in [5.74, 6) is 0.0247. The first-order valence-corrected chi connectivity index (χ1v) is 11.8. The molecule has 4 rings (SSSR count). The van der Waals surface area contributed by atoms with Gasteiger partial charge in [0.1, 0.15) is 5.69 Å². The van der Waals surface area contributed by atoms with Gasteiger partial charge in [0.25, 0.3) is 0 Å². The second kappa shape index (κ2) is 9.18. The molecule has 0 aliphatic rings. The number of nitrogens with two attached hydrogens (primary N) is 1. The zero-order valence-electron chi connectivity index (χ0n) is 18.3. The van der Waals surface area contributed by atoms with Crippen molar-refractivity contribution in [1.82, 2.24) is 10.1 Å². The van der Waals surface area contributed by atoms with Crippen molar-refractivity contribution < 1.29 is 8.73 Å². The first kappa shape index (κ1) is 22.1. The van der Waals surface area contributed by atoms with Crippen molar-refractivity contribution in [3.63, 3.8) is 0 Å². The molecular formula is C26H27N3O2S. The molecule has 2 N–H and O–H groups in total. The lowest BCUT2D eigenvalue weighted by Gasteiger charge is -2.29. The van der Waals surface area contributed by atoms with E-state index in [0.29, 0.717) is 12.8 Å². The third kappa shape index (κ3) is 4.56. The molecule has 0 fully saturated rings. The highest BCUT2D eigenvalue weighted by molar-refractivity contribution is 7.84. The van der Waals surface area contributed by atoms with Crippen LogP contribution in [0.15, 0.2) is 77.8 Å². The van der Waals surface area contributed by atoms with Crippen molar-refractivity contribution in [3.05, 3.63) is 90.3 Å². The molecule has 32 heavy (non-hydrogen) atoms. The lowest BCUT2D eigenvalue weighted by molar-refractivity contribution is 0.459. The maximum Gasteiger partial charge on any atom is 0.167 e. The Labute approximate surface area is 190 Å². The SMILES string of the molecule is C=Cc1cccc(C[C@@H](CC(C)(C)S(N)=O)c2ccccc2-c2noc3ccccc23)n1. The quantitative estimate of drug-likeness (QED) is 0.380. The molecule has 0 bridgehead atoms. The van der Waals surface area contributed by atoms with E-state index in [0.717, 1.165) is 39.2 Å². The number of hydrogen-bond acceptors (Lipinski definition) is 4. The van der Waals surface area contributed by atoms with Gasteiger partial charge in [-0.25, -0.2) is 4.21 Å². The number of hydrogen-bond donors (Lipinski definition) is 1. The fourth-order valence-electron chi connectivity index (χ4n) is 4.09. The van der Waals surface area contributed by atoms with Crippen LogP contribution in [-0.4, -0.2) is 19.1 Å². The van der Waals surface area contributed by atoms with Crippen LogP contribution in [0.2, 0.25) is 0 Å². The summed E-state index contributed by atoms with van der Waals surface area (Å²) in [6, 6.07) is 22.0. The first-order valence-electron chi connectivity index (χ1n) is 10.6. The molecule has 2 atom stereocenters. The van der Waals surface area contributed by atoms with E-state index in [4.69, 9.17) is 14.6 Å². The largest absolute Gasteiger partial charge is 0.356 e. The smallest absolute Gasteiger partial charge is 0.167 e. The maximum absolute atomic E-state index is 12.3. The lowest BCUT2D eigenvalue weighted by Crippen LogP contribution is -2.34. The molecule has 0 aliphatic carbocycles. The normalized spacial score (nSPS) is 13.7. The molecule has 2 aromatic heterocycles. The van der Waals surface area contributed by atoms with E-state index in [2.05, 4.69) is 23.9 Å². The van der Waals surface area contributed by atoms with Crippen LogP contribution in [0.3, 0.4) is 0 Å². The van der Waals surface area contributed by atoms with Gasteiger partial charge in [0.05, 0.1) is 21.4 Å². The van der Waals surface area contributed by atoms with Gasteiger partial charge in [-0.3, -0.25) is 10.1 Å². The van der Waals surface area contributed by atoms with Crippen LogP contribution < -0.4 is 5.14 Å². The molecule has 164 valence electrons. The molecule has 1 unspecified atom stereocenters. The summed E-state index contributed by atoms with van der Waals surface area (Å²) in [5, 5.41) is 11.2. The van der Waals surface area contributed by atoms with Gasteiger partial charge in [-0.15, -0.1) is 0 Å². The summed E-state index contributed by atoms with van der Waals surface area (Å²) in [6.07, 6.45) is 3.05. The Balaban J connectivity index is 1.82. The third-order valence-electron chi connectivity index (χ3n) is 5.81. The Kier molecular flexibility index (Phi) is 6.35. The minimum atomic E-state index is -1.47. The van der Waals surface area contributed by atoms with Crippen LogP contribution in [0.5, 0.6) is 0 Å². The predicted molar refractivity (Wildman–Crippen MR) is 131 cm³/mol. The number of rotatable bonds is 8. The second-order valence-electron chi connectivity index (χ2n) is 8.53. The van der Waals surface area contributed by atoms with Crippen LogP contribution in [-0.2, 0) is 17.4 Å². The van der Waals surface area contributed by atoms with Crippen LogP contribution in [0.1, 0.15) is 43.1 Å². The summed E-state index contributed by atoms with van der Waals surface area (Å²) < 4.78 is 17.3. The summed E-state index contributed by atoms with van der Waals surface area (Å²) in [4.78, 5) is 4.71. The van der Waals surface area contributed by atoms with Gasteiger partial charge in [-0.2, -0.15) is 0 Å². The number of benzene rings is 2. The molecule has 0 radical (unpaired) electrons. The highest BCUT2D eigenvalue weighted by atomic mass is 32.2. The molecule has 0 saturated carbocycles. The Morgan fingerprint density at radius 1 is 1.09 bits per heavy atom. The van der Waals surface area contributed by atoms with Gasteiger partial charge >= 0.3 is 0 Å². The minimum absolute atomic E-state index is 0.0247. The fourth-order valence-corrected chi connectivity index (χ4v) is 4.46. The molecule has 0 aliphatic heterocycles. The Hall–Kier alpha value is -3.09. The van der Waals surface area contributed by atoms with Gasteiger partial charge < -0.3 is 4.52 Å². The van der Waals surface area contributed by atoms with E-state index in [1.54, 1.807) is 6.08 Å². The minimum Gasteiger partial charge on any atom is -0.356 e. The number of nitrogens with zero attached hydrogens (tertiary/aromatic N) is 2. The maximum atomic E-state index is 12.3. The van der Waals surface area contributed by atoms with Crippen LogP contribution >= 0.6 is 0 Å². The zero-order chi connectivity index (χ0) is 22.7. The van der Waals surface area contributed by atoms with Crippen molar-refractivity contribution in [2.45, 2.75) is 37.4 Å². The van der Waals surface area contributed by atoms with Crippen molar-refractivity contribution >= 4 is 28.0 Å². The Morgan fingerprint density at radius 2 is 1.84 bits per heavy atom. The highest BCUT2D eigenvalue weighted by Crippen LogP contribution is 2.38. The lowest BCUT2D eigenvalue weighted by atomic mass is 9.83. The van der Waals surface area contributed by atoms with E-state index in [9.17, 15) is 4.21 Å². The van der Waals surface area contributed by atoms with E-state index in [-0.39, 0.29) is 5.92 Å². The second-order valence-corrected chi connectivity index (χ2v) is 10.2. The fraction of sp³-hybridized carbons (Fsp3) is 0.231. The number of pyridine rings is 1. The number of para-hydroxylation sites is 1. The van der Waals surface area contributed by atoms with Crippen molar-refractivity contribution in [2.75, 3.05) is 0 Å². The molecular weight excluding hydrogens is 418 g/mol. The number of aromatic nitrogens is 2. The van der Waals surface area contributed by atoms with Gasteiger partial charge in [0.2, 0.25) is 0 Å². The van der Waals surface area contributed by atoms with E-state index in [1.165, 1.54) is 0 Å². The summed E-state index contributed by atoms with van der Waals surface area (Å²) >= 11 is 0. The molecule has 6 heteroatoms. The van der Waals surface area contributed by atoms with Crippen molar-refractivity contribution in [2.24, 2.45) is 5.14 Å². The predicted octanol–water partition coefficient (Wildman–Crippen LogP) is 5.65. The van der Waals surface area contributed by atoms with Gasteiger partial charge in [-0.1, -0.05) is 54.2 Å². The van der Waals surface area contributed by atoms with Crippen LogP contribution in [0, 0.1) is 0 Å². The monoisotopic (exact) mass is 445 g/mol. The molecule has 5 nitrogen and oxygen atoms in total. The van der Waals surface area contributed by atoms with E-state index < -0.39 is 15.7 Å². The average molecular weight is 446 g/mol. The molecule has 4 aromatic rings. The molecule has 0 spiro atoms. The summed E-state index contributed by atoms with van der Waals surface area (Å²) in [5.41, 5.74) is 5.44. The van der Waals surface area contributed by atoms with Crippen molar-refractivity contribution in [1.29, 1.82) is 0 Å². The molecule has 2 aromatic carbocycles. The summed E-state index contributed by atoms with van der Waals surface area (Å²) in [6.45, 7) is 7.72. The molecule has 0 amide bonds. The van der Waals surface area contributed by atoms with Crippen LogP contribution in [0.25, 0.3) is 28.3 Å². The molecule has 0 saturated heterocycles. The van der Waals surface area contributed by atoms with Gasteiger partial charge in [0, 0.05) is 16.6 Å². The molecule has 2 heterocycles. The topological polar surface area (TPSA) is 82.0 Å². The Bertz CT molecular complexity index is 1280. The van der Waals surface area contributed by atoms with Gasteiger partial charge in [0.15, 0.2) is 5.58 Å². The standard InChI is InChI=1S/C26H27N3O2S/c1-4-19-10-9-11-20(28-19)16-18(17-26(2,3)32(27)30)21-12-5-6-13-22(21)25-23-14-7-8-15-24(23)31-29-25/h4-15,18H,1,16-17,27H2,2-3H3/t18-,32?/m0/s1. The highest BCUT2D eigenvalue weighted by Gasteiger charge is 2.31. The Morgan fingerprint density at radius 3 is 2.62 bits per heavy atom. The summed E-state index contributed by atoms with van der Waals surface area (Å²) in [7, 11) is -1.47. The van der Waals surface area contributed by atoms with E-state index in [1.807, 2.05) is 68.4 Å². The number of fused-ring (bicyclic) bond motifs is 1. The zero-order valence-corrected chi connectivity index (χ0v) is 19.1. The first-order chi connectivity index (χ1) is 15.4. The van der Waals surface area contributed by atoms with Gasteiger partial charge in [-0.05, 0) is 68.5 Å². The van der Waals surface area contributed by atoms with Crippen molar-refractivity contribution in [3.8, 4) is 11.3 Å². The van der Waals surface area contributed by atoms with E-state index >= 15 is 0 Å². The van der Waals surface area contributed by atoms with Crippen LogP contribution in [0.4, 0.5) is 0 Å². The third-order valence-corrected chi connectivity index (χ3v) is 7.06. The average Bonchev–Trinajstić information content (AvgIpc) is 3.22.